The largest absolute Gasteiger partial charge is 0.384 e. The standard InChI is InChI=1S/C16H14N2O/c19-15(12-6-2-1-3-7-12)13-8-4-5-9-14(13)16-17-10-11-18-16/h1-11,15,19H,(H,17,18). The molecule has 3 nitrogen and oxygen atoms in total. The number of imidazole rings is 1. The third kappa shape index (κ3) is 2.28. The molecule has 0 spiro atoms. The van der Waals surface area contributed by atoms with Crippen molar-refractivity contribution in [2.45, 2.75) is 6.10 Å². The van der Waals surface area contributed by atoms with Crippen LogP contribution < -0.4 is 0 Å². The van der Waals surface area contributed by atoms with Crippen LogP contribution in [0.2, 0.25) is 0 Å². The molecule has 2 aromatic carbocycles. The second-order valence-electron chi connectivity index (χ2n) is 4.34. The Hall–Kier alpha value is -2.39. The first-order valence-corrected chi connectivity index (χ1v) is 6.18. The number of rotatable bonds is 3. The van der Waals surface area contributed by atoms with Gasteiger partial charge in [0.2, 0.25) is 0 Å². The monoisotopic (exact) mass is 250 g/mol. The lowest BCUT2D eigenvalue weighted by molar-refractivity contribution is 0.221. The van der Waals surface area contributed by atoms with Crippen molar-refractivity contribution in [3.8, 4) is 11.4 Å². The molecular weight excluding hydrogens is 236 g/mol. The lowest BCUT2D eigenvalue weighted by atomic mass is 9.96. The van der Waals surface area contributed by atoms with Gasteiger partial charge in [-0.05, 0) is 11.1 Å². The molecule has 3 rings (SSSR count). The number of aliphatic hydroxyl groups excluding tert-OH is 1. The van der Waals surface area contributed by atoms with Crippen molar-refractivity contribution >= 4 is 0 Å². The van der Waals surface area contributed by atoms with Gasteiger partial charge in [0.25, 0.3) is 0 Å². The minimum Gasteiger partial charge on any atom is -0.384 e. The van der Waals surface area contributed by atoms with E-state index in [4.69, 9.17) is 0 Å². The number of nitrogens with zero attached hydrogens (tertiary/aromatic N) is 1. The van der Waals surface area contributed by atoms with E-state index in [0.717, 1.165) is 22.5 Å². The van der Waals surface area contributed by atoms with E-state index >= 15 is 0 Å². The SMILES string of the molecule is OC(c1ccccc1)c1ccccc1-c1ncc[nH]1. The van der Waals surface area contributed by atoms with Gasteiger partial charge in [-0.25, -0.2) is 4.98 Å². The normalized spacial score (nSPS) is 12.3. The molecule has 0 saturated heterocycles. The van der Waals surface area contributed by atoms with Crippen LogP contribution in [0.25, 0.3) is 11.4 Å². The molecule has 0 amide bonds. The lowest BCUT2D eigenvalue weighted by Gasteiger charge is -2.14. The fourth-order valence-electron chi connectivity index (χ4n) is 2.18. The summed E-state index contributed by atoms with van der Waals surface area (Å²) in [5, 5.41) is 10.5. The minimum absolute atomic E-state index is 0.650. The summed E-state index contributed by atoms with van der Waals surface area (Å²) >= 11 is 0. The van der Waals surface area contributed by atoms with Crippen molar-refractivity contribution in [1.29, 1.82) is 0 Å². The molecule has 0 aliphatic carbocycles. The Morgan fingerprint density at radius 3 is 2.42 bits per heavy atom. The Bertz CT molecular complexity index is 648. The van der Waals surface area contributed by atoms with Gasteiger partial charge in [-0.2, -0.15) is 0 Å². The fourth-order valence-corrected chi connectivity index (χ4v) is 2.18. The van der Waals surface area contributed by atoms with Gasteiger partial charge < -0.3 is 10.1 Å². The molecule has 0 radical (unpaired) electrons. The van der Waals surface area contributed by atoms with Crippen LogP contribution in [-0.4, -0.2) is 15.1 Å². The predicted molar refractivity (Wildman–Crippen MR) is 74.5 cm³/mol. The van der Waals surface area contributed by atoms with Crippen LogP contribution in [0.3, 0.4) is 0 Å². The van der Waals surface area contributed by atoms with Crippen LogP contribution in [0.4, 0.5) is 0 Å². The first-order valence-electron chi connectivity index (χ1n) is 6.18. The maximum absolute atomic E-state index is 10.5. The molecule has 1 heterocycles. The van der Waals surface area contributed by atoms with Crippen molar-refractivity contribution < 1.29 is 5.11 Å². The van der Waals surface area contributed by atoms with Crippen LogP contribution in [0, 0.1) is 0 Å². The average Bonchev–Trinajstić information content (AvgIpc) is 3.01. The minimum atomic E-state index is -0.650. The van der Waals surface area contributed by atoms with Gasteiger partial charge in [-0.1, -0.05) is 54.6 Å². The molecule has 94 valence electrons. The maximum Gasteiger partial charge on any atom is 0.137 e. The van der Waals surface area contributed by atoms with Crippen LogP contribution in [0.5, 0.6) is 0 Å². The molecule has 0 saturated carbocycles. The molecule has 0 aliphatic rings. The summed E-state index contributed by atoms with van der Waals surface area (Å²) in [7, 11) is 0. The van der Waals surface area contributed by atoms with Gasteiger partial charge in [0.05, 0.1) is 0 Å². The van der Waals surface area contributed by atoms with Crippen molar-refractivity contribution in [2.75, 3.05) is 0 Å². The van der Waals surface area contributed by atoms with Crippen molar-refractivity contribution in [3.63, 3.8) is 0 Å². The zero-order chi connectivity index (χ0) is 13.1. The first-order chi connectivity index (χ1) is 9.36. The van der Waals surface area contributed by atoms with E-state index in [0.29, 0.717) is 0 Å². The van der Waals surface area contributed by atoms with Crippen molar-refractivity contribution in [3.05, 3.63) is 78.1 Å². The van der Waals surface area contributed by atoms with Crippen LogP contribution in [0.1, 0.15) is 17.2 Å². The zero-order valence-electron chi connectivity index (χ0n) is 10.3. The van der Waals surface area contributed by atoms with Gasteiger partial charge in [0.1, 0.15) is 11.9 Å². The summed E-state index contributed by atoms with van der Waals surface area (Å²) in [6.45, 7) is 0. The molecule has 0 aliphatic heterocycles. The average molecular weight is 250 g/mol. The Balaban J connectivity index is 2.06. The number of aliphatic hydroxyl groups is 1. The third-order valence-electron chi connectivity index (χ3n) is 3.12. The summed E-state index contributed by atoms with van der Waals surface area (Å²) in [6.07, 6.45) is 2.84. The number of aromatic nitrogens is 2. The van der Waals surface area contributed by atoms with Crippen molar-refractivity contribution in [2.24, 2.45) is 0 Å². The molecule has 19 heavy (non-hydrogen) atoms. The van der Waals surface area contributed by atoms with E-state index in [1.807, 2.05) is 54.6 Å². The van der Waals surface area contributed by atoms with Crippen molar-refractivity contribution in [1.82, 2.24) is 9.97 Å². The first kappa shape index (κ1) is 11.7. The Morgan fingerprint density at radius 1 is 0.947 bits per heavy atom. The third-order valence-corrected chi connectivity index (χ3v) is 3.12. The Labute approximate surface area is 111 Å². The van der Waals surface area contributed by atoms with E-state index < -0.39 is 6.10 Å². The van der Waals surface area contributed by atoms with E-state index in [-0.39, 0.29) is 0 Å². The summed E-state index contributed by atoms with van der Waals surface area (Å²) in [4.78, 5) is 7.33. The highest BCUT2D eigenvalue weighted by Gasteiger charge is 2.15. The molecule has 0 fully saturated rings. The molecule has 1 aromatic heterocycles. The second kappa shape index (κ2) is 5.08. The number of hydrogen-bond donors (Lipinski definition) is 2. The van der Waals surface area contributed by atoms with Gasteiger partial charge >= 0.3 is 0 Å². The van der Waals surface area contributed by atoms with E-state index in [1.165, 1.54) is 0 Å². The second-order valence-corrected chi connectivity index (χ2v) is 4.34. The summed E-state index contributed by atoms with van der Waals surface area (Å²) in [5.41, 5.74) is 2.65. The van der Waals surface area contributed by atoms with Crippen LogP contribution in [-0.2, 0) is 0 Å². The molecule has 1 unspecified atom stereocenters. The molecule has 0 bridgehead atoms. The number of nitrogens with one attached hydrogen (secondary N) is 1. The van der Waals surface area contributed by atoms with Gasteiger partial charge in [-0.15, -0.1) is 0 Å². The van der Waals surface area contributed by atoms with Crippen LogP contribution >= 0.6 is 0 Å². The summed E-state index contributed by atoms with van der Waals surface area (Å²) in [5.74, 6) is 0.769. The lowest BCUT2D eigenvalue weighted by Crippen LogP contribution is -2.02. The summed E-state index contributed by atoms with van der Waals surface area (Å²) < 4.78 is 0. The van der Waals surface area contributed by atoms with E-state index in [2.05, 4.69) is 9.97 Å². The number of benzene rings is 2. The highest BCUT2D eigenvalue weighted by atomic mass is 16.3. The maximum atomic E-state index is 10.5. The van der Waals surface area contributed by atoms with Gasteiger partial charge in [0, 0.05) is 18.0 Å². The smallest absolute Gasteiger partial charge is 0.137 e. The molecule has 3 aromatic rings. The topological polar surface area (TPSA) is 48.9 Å². The highest BCUT2D eigenvalue weighted by molar-refractivity contribution is 5.61. The molecular formula is C16H14N2O. The Kier molecular flexibility index (Phi) is 3.12. The van der Waals surface area contributed by atoms with E-state index in [1.54, 1.807) is 12.4 Å². The molecule has 3 heteroatoms. The number of aromatic amines is 1. The van der Waals surface area contributed by atoms with Gasteiger partial charge in [0.15, 0.2) is 0 Å². The predicted octanol–water partition coefficient (Wildman–Crippen LogP) is 3.16. The summed E-state index contributed by atoms with van der Waals surface area (Å²) in [6, 6.07) is 17.4. The zero-order valence-corrected chi connectivity index (χ0v) is 10.3. The Morgan fingerprint density at radius 2 is 1.68 bits per heavy atom. The fraction of sp³-hybridized carbons (Fsp3) is 0.0625. The van der Waals surface area contributed by atoms with Crippen LogP contribution in [0.15, 0.2) is 67.0 Å². The molecule has 1 atom stereocenters. The number of hydrogen-bond acceptors (Lipinski definition) is 2. The van der Waals surface area contributed by atoms with Gasteiger partial charge in [-0.3, -0.25) is 0 Å². The quantitative estimate of drug-likeness (QED) is 0.750. The highest BCUT2D eigenvalue weighted by Crippen LogP contribution is 2.29. The number of H-pyrrole nitrogens is 1. The molecule has 2 N–H and O–H groups in total. The van der Waals surface area contributed by atoms with E-state index in [9.17, 15) is 5.11 Å².